The molecule has 5 N–H and O–H groups in total. The van der Waals surface area contributed by atoms with Crippen molar-refractivity contribution in [2.45, 2.75) is 96.9 Å². The SMILES string of the molecule is CC(C)CCCCC/C=C/C=C/C(=O)NC(C(=O)NC1CC(=O)CCNC(=O)/C=C/[C@H](C)NC1=O)[C@@H](C)O. The molecule has 0 aromatic rings. The lowest BCUT2D eigenvalue weighted by molar-refractivity contribution is -0.134. The van der Waals surface area contributed by atoms with E-state index in [0.717, 1.165) is 19.3 Å². The minimum absolute atomic E-state index is 0.0123. The maximum atomic E-state index is 12.9. The molecule has 212 valence electrons. The van der Waals surface area contributed by atoms with Gasteiger partial charge in [-0.05, 0) is 32.6 Å². The summed E-state index contributed by atoms with van der Waals surface area (Å²) in [7, 11) is 0. The molecule has 10 nitrogen and oxygen atoms in total. The van der Waals surface area contributed by atoms with Crippen LogP contribution in [0.1, 0.15) is 72.6 Å². The Morgan fingerprint density at radius 1 is 1.13 bits per heavy atom. The van der Waals surface area contributed by atoms with E-state index in [1.807, 2.05) is 6.08 Å². The Morgan fingerprint density at radius 3 is 2.55 bits per heavy atom. The Bertz CT molecular complexity index is 894. The standard InChI is InChI=1S/C28H44N4O6/c1-19(2)12-10-8-6-5-7-9-11-13-25(36)32-26(21(4)33)28(38)31-23-18-22(34)16-17-29-24(35)15-14-20(3)30-27(23)37/h7,9,11,13-15,19-21,23,26,33H,5-6,8,10,12,16-18H2,1-4H3,(H,29,35)(H,30,37)(H,31,38)(H,32,36)/b9-7+,13-11+,15-14+/t20-,21+,23?,26?/m0/s1. The van der Waals surface area contributed by atoms with Crippen molar-refractivity contribution in [1.29, 1.82) is 0 Å². The smallest absolute Gasteiger partial charge is 0.245 e. The lowest BCUT2D eigenvalue weighted by atomic mass is 10.0. The number of nitrogens with one attached hydrogen (secondary N) is 4. The summed E-state index contributed by atoms with van der Waals surface area (Å²) in [6.45, 7) is 7.51. The van der Waals surface area contributed by atoms with Gasteiger partial charge in [0.2, 0.25) is 23.6 Å². The van der Waals surface area contributed by atoms with Gasteiger partial charge >= 0.3 is 0 Å². The van der Waals surface area contributed by atoms with Crippen LogP contribution >= 0.6 is 0 Å². The van der Waals surface area contributed by atoms with Gasteiger partial charge in [-0.1, -0.05) is 57.4 Å². The fourth-order valence-corrected chi connectivity index (χ4v) is 3.71. The van der Waals surface area contributed by atoms with Crippen molar-refractivity contribution in [1.82, 2.24) is 21.3 Å². The van der Waals surface area contributed by atoms with E-state index in [1.165, 1.54) is 38.0 Å². The fraction of sp³-hybridized carbons (Fsp3) is 0.607. The molecular weight excluding hydrogens is 488 g/mol. The molecule has 0 radical (unpaired) electrons. The molecule has 0 fully saturated rings. The van der Waals surface area contributed by atoms with Crippen LogP contribution in [0.15, 0.2) is 36.5 Å². The zero-order chi connectivity index (χ0) is 28.5. The first-order chi connectivity index (χ1) is 18.0. The number of carbonyl (C=O) groups is 5. The molecular formula is C28H44N4O6. The fourth-order valence-electron chi connectivity index (χ4n) is 3.71. The first-order valence-corrected chi connectivity index (χ1v) is 13.4. The van der Waals surface area contributed by atoms with Gasteiger partial charge in [-0.25, -0.2) is 0 Å². The van der Waals surface area contributed by atoms with E-state index in [-0.39, 0.29) is 31.1 Å². The number of unbranched alkanes of at least 4 members (excludes halogenated alkanes) is 3. The summed E-state index contributed by atoms with van der Waals surface area (Å²) in [6.07, 6.45) is 13.3. The van der Waals surface area contributed by atoms with Crippen LogP contribution in [0.2, 0.25) is 0 Å². The molecule has 0 aromatic carbocycles. The molecule has 0 aliphatic carbocycles. The van der Waals surface area contributed by atoms with E-state index in [4.69, 9.17) is 0 Å². The second-order valence-corrected chi connectivity index (χ2v) is 10.0. The first-order valence-electron chi connectivity index (χ1n) is 13.4. The lowest BCUT2D eigenvalue weighted by Crippen LogP contribution is -2.57. The van der Waals surface area contributed by atoms with Crippen LogP contribution in [0.3, 0.4) is 0 Å². The molecule has 0 bridgehead atoms. The third-order valence-corrected chi connectivity index (χ3v) is 5.88. The third-order valence-electron chi connectivity index (χ3n) is 5.88. The number of hydrogen-bond donors (Lipinski definition) is 5. The highest BCUT2D eigenvalue weighted by molar-refractivity contribution is 5.97. The minimum Gasteiger partial charge on any atom is -0.391 e. The van der Waals surface area contributed by atoms with E-state index in [1.54, 1.807) is 19.1 Å². The summed E-state index contributed by atoms with van der Waals surface area (Å²) in [5.74, 6) is -1.99. The van der Waals surface area contributed by atoms with Crippen LogP contribution in [0.4, 0.5) is 0 Å². The van der Waals surface area contributed by atoms with Crippen molar-refractivity contribution in [2.75, 3.05) is 6.54 Å². The van der Waals surface area contributed by atoms with Crippen molar-refractivity contribution in [2.24, 2.45) is 5.92 Å². The number of Topliss-reactive ketones (excluding diaryl/α,β-unsaturated/α-hetero) is 1. The van der Waals surface area contributed by atoms with E-state index in [9.17, 15) is 29.1 Å². The van der Waals surface area contributed by atoms with Gasteiger partial charge < -0.3 is 26.4 Å². The van der Waals surface area contributed by atoms with Gasteiger partial charge in [0.1, 0.15) is 17.9 Å². The van der Waals surface area contributed by atoms with E-state index >= 15 is 0 Å². The van der Waals surface area contributed by atoms with Gasteiger partial charge in [0, 0.05) is 37.6 Å². The van der Waals surface area contributed by atoms with E-state index < -0.39 is 42.0 Å². The molecule has 0 saturated carbocycles. The Morgan fingerprint density at radius 2 is 1.87 bits per heavy atom. The Hall–Kier alpha value is -3.27. The van der Waals surface area contributed by atoms with Crippen LogP contribution in [-0.4, -0.2) is 65.3 Å². The predicted molar refractivity (Wildman–Crippen MR) is 146 cm³/mol. The molecule has 1 rings (SSSR count). The molecule has 1 heterocycles. The zero-order valence-corrected chi connectivity index (χ0v) is 23.0. The highest BCUT2D eigenvalue weighted by Gasteiger charge is 2.31. The highest BCUT2D eigenvalue weighted by atomic mass is 16.3. The van der Waals surface area contributed by atoms with Crippen LogP contribution in [0.25, 0.3) is 0 Å². The summed E-state index contributed by atoms with van der Waals surface area (Å²) in [5, 5.41) is 20.2. The molecule has 0 aromatic heterocycles. The van der Waals surface area contributed by atoms with E-state index in [2.05, 4.69) is 35.1 Å². The topological polar surface area (TPSA) is 154 Å². The van der Waals surface area contributed by atoms with E-state index in [0.29, 0.717) is 5.92 Å². The van der Waals surface area contributed by atoms with Gasteiger partial charge in [0.05, 0.1) is 6.10 Å². The maximum Gasteiger partial charge on any atom is 0.245 e. The molecule has 10 heteroatoms. The average Bonchev–Trinajstić information content (AvgIpc) is 2.83. The molecule has 1 aliphatic heterocycles. The van der Waals surface area contributed by atoms with Crippen molar-refractivity contribution in [3.63, 3.8) is 0 Å². The number of aliphatic hydroxyl groups is 1. The van der Waals surface area contributed by atoms with Crippen LogP contribution in [0, 0.1) is 5.92 Å². The minimum atomic E-state index is -1.34. The summed E-state index contributed by atoms with van der Waals surface area (Å²) >= 11 is 0. The number of amides is 4. The second kappa shape index (κ2) is 18.1. The van der Waals surface area contributed by atoms with Crippen molar-refractivity contribution in [3.8, 4) is 0 Å². The highest BCUT2D eigenvalue weighted by Crippen LogP contribution is 2.09. The summed E-state index contributed by atoms with van der Waals surface area (Å²) in [6, 6.07) is -3.08. The van der Waals surface area contributed by atoms with Crippen LogP contribution in [0.5, 0.6) is 0 Å². The quantitative estimate of drug-likeness (QED) is 0.146. The number of carbonyl (C=O) groups excluding carboxylic acids is 5. The Labute approximate surface area is 225 Å². The second-order valence-electron chi connectivity index (χ2n) is 10.0. The van der Waals surface area contributed by atoms with Gasteiger partial charge in [0.15, 0.2) is 0 Å². The Balaban J connectivity index is 2.71. The summed E-state index contributed by atoms with van der Waals surface area (Å²) in [4.78, 5) is 62.0. The van der Waals surface area contributed by atoms with Gasteiger partial charge in [-0.2, -0.15) is 0 Å². The molecule has 2 unspecified atom stereocenters. The molecule has 0 spiro atoms. The zero-order valence-electron chi connectivity index (χ0n) is 23.0. The lowest BCUT2D eigenvalue weighted by Gasteiger charge is -2.25. The normalized spacial score (nSPS) is 21.8. The van der Waals surface area contributed by atoms with Crippen molar-refractivity contribution in [3.05, 3.63) is 36.5 Å². The molecule has 0 saturated heterocycles. The first kappa shape index (κ1) is 32.8. The Kier molecular flexibility index (Phi) is 15.6. The number of allylic oxidation sites excluding steroid dienone is 3. The van der Waals surface area contributed by atoms with Gasteiger partial charge in [-0.15, -0.1) is 0 Å². The molecule has 1 aliphatic rings. The monoisotopic (exact) mass is 532 g/mol. The summed E-state index contributed by atoms with van der Waals surface area (Å²) in [5.41, 5.74) is 0. The average molecular weight is 533 g/mol. The summed E-state index contributed by atoms with van der Waals surface area (Å²) < 4.78 is 0. The number of rotatable bonds is 12. The molecule has 4 atom stereocenters. The van der Waals surface area contributed by atoms with Crippen molar-refractivity contribution >= 4 is 29.4 Å². The van der Waals surface area contributed by atoms with Gasteiger partial charge in [0.25, 0.3) is 0 Å². The predicted octanol–water partition coefficient (Wildman–Crippen LogP) is 1.60. The molecule has 38 heavy (non-hydrogen) atoms. The third kappa shape index (κ3) is 14.5. The number of ketones is 1. The van der Waals surface area contributed by atoms with Crippen molar-refractivity contribution < 1.29 is 29.1 Å². The largest absolute Gasteiger partial charge is 0.391 e. The number of aliphatic hydroxyl groups excluding tert-OH is 1. The van der Waals surface area contributed by atoms with Crippen LogP contribution < -0.4 is 21.3 Å². The van der Waals surface area contributed by atoms with Gasteiger partial charge in [-0.3, -0.25) is 24.0 Å². The maximum absolute atomic E-state index is 12.9. The number of hydrogen-bond acceptors (Lipinski definition) is 6. The molecule has 4 amide bonds. The van der Waals surface area contributed by atoms with Crippen LogP contribution in [-0.2, 0) is 24.0 Å².